The lowest BCUT2D eigenvalue weighted by molar-refractivity contribution is -0.144. The van der Waals surface area contributed by atoms with Gasteiger partial charge in [-0.1, -0.05) is 6.58 Å². The molecule has 0 fully saturated rings. The number of hydrogen-bond acceptors (Lipinski definition) is 6. The molecule has 1 N–H and O–H groups in total. The Morgan fingerprint density at radius 2 is 2.15 bits per heavy atom. The van der Waals surface area contributed by atoms with Crippen LogP contribution in [-0.2, 0) is 17.6 Å². The second kappa shape index (κ2) is 6.55. The van der Waals surface area contributed by atoms with Crippen LogP contribution >= 0.6 is 0 Å². The van der Waals surface area contributed by atoms with E-state index in [0.717, 1.165) is 0 Å². The molecule has 0 atom stereocenters. The van der Waals surface area contributed by atoms with Gasteiger partial charge in [-0.15, -0.1) is 0 Å². The van der Waals surface area contributed by atoms with Crippen LogP contribution < -0.4 is 0 Å². The number of alkyl halides is 3. The molecule has 0 saturated carbocycles. The molecule has 0 aliphatic rings. The molecule has 3 heterocycles. The number of methoxy groups -OCH3 is 1. The quantitative estimate of drug-likeness (QED) is 0.676. The molecule has 0 aliphatic carbocycles. The molecule has 0 amide bonds. The minimum Gasteiger partial charge on any atom is -0.364 e. The Kier molecular flexibility index (Phi) is 4.42. The van der Waals surface area contributed by atoms with Crippen molar-refractivity contribution in [1.82, 2.24) is 34.3 Å². The summed E-state index contributed by atoms with van der Waals surface area (Å²) in [5.41, 5.74) is 0.782. The molecule has 9 nitrogen and oxygen atoms in total. The van der Waals surface area contributed by atoms with E-state index < -0.39 is 12.0 Å². The van der Waals surface area contributed by atoms with Gasteiger partial charge in [0.05, 0.1) is 6.33 Å². The van der Waals surface area contributed by atoms with Crippen molar-refractivity contribution in [2.24, 2.45) is 4.99 Å². The van der Waals surface area contributed by atoms with Crippen LogP contribution in [0.15, 0.2) is 24.1 Å². The van der Waals surface area contributed by atoms with Gasteiger partial charge in [-0.2, -0.15) is 18.3 Å². The second-order valence-corrected chi connectivity index (χ2v) is 5.02. The van der Waals surface area contributed by atoms with Crippen LogP contribution in [-0.4, -0.2) is 48.1 Å². The van der Waals surface area contributed by atoms with Crippen LogP contribution in [0.5, 0.6) is 0 Å². The van der Waals surface area contributed by atoms with Gasteiger partial charge in [0.2, 0.25) is 17.6 Å². The van der Waals surface area contributed by atoms with Crippen LogP contribution in [0, 0.1) is 0 Å². The lowest BCUT2D eigenvalue weighted by Crippen LogP contribution is -2.07. The van der Waals surface area contributed by atoms with E-state index in [1.54, 1.807) is 10.8 Å². The number of hydrogen-bond donors (Lipinski definition) is 1. The minimum absolute atomic E-state index is 0.0571. The van der Waals surface area contributed by atoms with Crippen LogP contribution in [0.1, 0.15) is 5.82 Å². The zero-order valence-corrected chi connectivity index (χ0v) is 13.5. The van der Waals surface area contributed by atoms with Crippen LogP contribution in [0.25, 0.3) is 29.1 Å². The lowest BCUT2D eigenvalue weighted by Gasteiger charge is -2.03. The fourth-order valence-corrected chi connectivity index (χ4v) is 2.30. The second-order valence-electron chi connectivity index (χ2n) is 5.02. The maximum absolute atomic E-state index is 12.8. The summed E-state index contributed by atoms with van der Waals surface area (Å²) < 4.78 is 46.5. The molecular weight excluding hydrogens is 353 g/mol. The summed E-state index contributed by atoms with van der Waals surface area (Å²) in [6.07, 6.45) is -0.133. The molecule has 0 radical (unpaired) electrons. The fourth-order valence-electron chi connectivity index (χ4n) is 2.30. The molecule has 0 aromatic carbocycles. The first-order valence-corrected chi connectivity index (χ1v) is 7.11. The molecule has 3 aromatic rings. The van der Waals surface area contributed by atoms with Crippen LogP contribution in [0.3, 0.4) is 0 Å². The maximum Gasteiger partial charge on any atom is 0.451 e. The van der Waals surface area contributed by atoms with Crippen molar-refractivity contribution in [1.29, 1.82) is 0 Å². The summed E-state index contributed by atoms with van der Waals surface area (Å²) >= 11 is 0. The van der Waals surface area contributed by atoms with Gasteiger partial charge < -0.3 is 9.30 Å². The van der Waals surface area contributed by atoms with Gasteiger partial charge in [0, 0.05) is 19.5 Å². The molecule has 3 aromatic heterocycles. The van der Waals surface area contributed by atoms with E-state index in [1.165, 1.54) is 24.2 Å². The number of nitrogens with zero attached hydrogens (tertiary/aromatic N) is 7. The number of H-pyrrole nitrogens is 1. The highest BCUT2D eigenvalue weighted by Crippen LogP contribution is 2.34. The number of aliphatic imine (C=N–C) groups is 1. The van der Waals surface area contributed by atoms with E-state index in [9.17, 15) is 13.2 Å². The smallest absolute Gasteiger partial charge is 0.364 e. The van der Waals surface area contributed by atoms with Gasteiger partial charge in [-0.25, -0.2) is 19.9 Å². The van der Waals surface area contributed by atoms with Gasteiger partial charge >= 0.3 is 6.18 Å². The SMILES string of the molecule is C=Cn1c(N=C)nc(-c2n[nH]c(C(F)(F)F)n2)c1-c1cn(COC)cn1. The summed E-state index contributed by atoms with van der Waals surface area (Å²) in [6.45, 7) is 7.32. The van der Waals surface area contributed by atoms with E-state index in [1.807, 2.05) is 5.10 Å². The largest absolute Gasteiger partial charge is 0.451 e. The highest BCUT2D eigenvalue weighted by Gasteiger charge is 2.36. The predicted octanol–water partition coefficient (Wildman–Crippen LogP) is 2.59. The molecule has 0 saturated heterocycles. The van der Waals surface area contributed by atoms with Crippen molar-refractivity contribution in [2.75, 3.05) is 7.11 Å². The normalized spacial score (nSPS) is 11.7. The number of aromatic amines is 1. The van der Waals surface area contributed by atoms with Crippen molar-refractivity contribution in [3.8, 4) is 22.9 Å². The third-order valence-electron chi connectivity index (χ3n) is 3.34. The summed E-state index contributed by atoms with van der Waals surface area (Å²) in [7, 11) is 1.52. The van der Waals surface area contributed by atoms with Gasteiger partial charge in [-0.05, 0) is 6.72 Å². The van der Waals surface area contributed by atoms with Crippen molar-refractivity contribution in [3.63, 3.8) is 0 Å². The summed E-state index contributed by atoms with van der Waals surface area (Å²) in [5, 5.41) is 5.48. The van der Waals surface area contributed by atoms with Crippen LogP contribution in [0.4, 0.5) is 19.1 Å². The Balaban J connectivity index is 2.18. The van der Waals surface area contributed by atoms with E-state index >= 15 is 0 Å². The number of aromatic nitrogens is 7. The van der Waals surface area contributed by atoms with Gasteiger partial charge in [0.25, 0.3) is 0 Å². The number of nitrogens with one attached hydrogen (secondary N) is 1. The Morgan fingerprint density at radius 3 is 2.73 bits per heavy atom. The average molecular weight is 366 g/mol. The highest BCUT2D eigenvalue weighted by molar-refractivity contribution is 5.77. The average Bonchev–Trinajstić information content (AvgIpc) is 3.31. The standard InChI is InChI=1S/C14H13F3N8O/c1-4-25-10(8-5-24(6-19-8)7-26-3)9(20-13(25)18-2)11-21-12(23-22-11)14(15,16)17/h4-6H,1-2,7H2,3H3,(H,21,22,23). The highest BCUT2D eigenvalue weighted by atomic mass is 19.4. The van der Waals surface area contributed by atoms with Crippen molar-refractivity contribution in [2.45, 2.75) is 12.9 Å². The van der Waals surface area contributed by atoms with Crippen molar-refractivity contribution in [3.05, 3.63) is 24.9 Å². The maximum atomic E-state index is 12.8. The van der Waals surface area contributed by atoms with Crippen molar-refractivity contribution < 1.29 is 17.9 Å². The van der Waals surface area contributed by atoms with Gasteiger partial charge in [-0.3, -0.25) is 9.67 Å². The van der Waals surface area contributed by atoms with E-state index in [0.29, 0.717) is 11.4 Å². The topological polar surface area (TPSA) is 98.8 Å². The van der Waals surface area contributed by atoms with E-state index in [-0.39, 0.29) is 24.2 Å². The molecule has 0 unspecified atom stereocenters. The molecule has 136 valence electrons. The number of rotatable bonds is 6. The Labute approximate surface area is 144 Å². The molecule has 26 heavy (non-hydrogen) atoms. The molecule has 0 aliphatic heterocycles. The third-order valence-corrected chi connectivity index (χ3v) is 3.34. The Hall–Kier alpha value is -3.28. The summed E-state index contributed by atoms with van der Waals surface area (Å²) in [4.78, 5) is 15.6. The first-order valence-electron chi connectivity index (χ1n) is 7.11. The molecule has 12 heteroatoms. The summed E-state index contributed by atoms with van der Waals surface area (Å²) in [6, 6.07) is 0. The van der Waals surface area contributed by atoms with Crippen molar-refractivity contribution >= 4 is 18.9 Å². The number of imidazole rings is 2. The number of ether oxygens (including phenoxy) is 1. The third kappa shape index (κ3) is 3.01. The molecule has 0 spiro atoms. The van der Waals surface area contributed by atoms with Crippen LogP contribution in [0.2, 0.25) is 0 Å². The first kappa shape index (κ1) is 17.5. The van der Waals surface area contributed by atoms with Gasteiger partial charge in [0.1, 0.15) is 23.8 Å². The fraction of sp³-hybridized carbons (Fsp3) is 0.214. The Bertz CT molecular complexity index is 952. The molecule has 3 rings (SSSR count). The van der Waals surface area contributed by atoms with Gasteiger partial charge in [0.15, 0.2) is 0 Å². The minimum atomic E-state index is -4.66. The zero-order chi connectivity index (χ0) is 18.9. The molecule has 0 bridgehead atoms. The molecular formula is C14H13F3N8O. The number of halogens is 3. The first-order chi connectivity index (χ1) is 12.4. The monoisotopic (exact) mass is 366 g/mol. The van der Waals surface area contributed by atoms with E-state index in [2.05, 4.69) is 38.3 Å². The summed E-state index contributed by atoms with van der Waals surface area (Å²) in [5.74, 6) is -1.37. The Morgan fingerprint density at radius 1 is 1.38 bits per heavy atom. The predicted molar refractivity (Wildman–Crippen MR) is 86.4 cm³/mol. The van der Waals surface area contributed by atoms with E-state index in [4.69, 9.17) is 4.74 Å². The lowest BCUT2D eigenvalue weighted by atomic mass is 10.2. The zero-order valence-electron chi connectivity index (χ0n) is 13.5.